The molecule has 0 fully saturated rings. The molecule has 0 unspecified atom stereocenters. The second-order valence-electron chi connectivity index (χ2n) is 4.38. The van der Waals surface area contributed by atoms with Crippen LogP contribution in [-0.2, 0) is 0 Å². The number of nitrogens with two attached hydrogens (primary N) is 1. The van der Waals surface area contributed by atoms with Crippen LogP contribution in [0.25, 0.3) is 0 Å². The number of halogens is 2. The molecule has 0 atom stereocenters. The van der Waals surface area contributed by atoms with Gasteiger partial charge in [0.1, 0.15) is 17.3 Å². The number of hydrogen-bond donors (Lipinski definition) is 2. The van der Waals surface area contributed by atoms with E-state index in [-0.39, 0.29) is 12.4 Å². The third-order valence-electron chi connectivity index (χ3n) is 2.97. The van der Waals surface area contributed by atoms with E-state index in [1.165, 1.54) is 0 Å². The van der Waals surface area contributed by atoms with E-state index >= 15 is 0 Å². The quantitative estimate of drug-likeness (QED) is 0.834. The Morgan fingerprint density at radius 1 is 1.10 bits per heavy atom. The van der Waals surface area contributed by atoms with Gasteiger partial charge >= 0.3 is 0 Å². The van der Waals surface area contributed by atoms with Crippen LogP contribution in [0.3, 0.4) is 0 Å². The molecule has 2 aromatic carbocycles. The van der Waals surface area contributed by atoms with Gasteiger partial charge in [-0.1, -0.05) is 0 Å². The molecule has 0 bridgehead atoms. The Kier molecular flexibility index (Phi) is 3.09. The maximum absolute atomic E-state index is 13.3. The van der Waals surface area contributed by atoms with Gasteiger partial charge in [0.25, 0.3) is 5.91 Å². The first kappa shape index (κ1) is 13.2. The number of hydrogen-bond acceptors (Lipinski definition) is 4. The lowest BCUT2D eigenvalue weighted by Gasteiger charge is -2.07. The van der Waals surface area contributed by atoms with Crippen molar-refractivity contribution in [1.82, 2.24) is 0 Å². The zero-order valence-corrected chi connectivity index (χ0v) is 10.7. The predicted molar refractivity (Wildman–Crippen MR) is 71.3 cm³/mol. The lowest BCUT2D eigenvalue weighted by atomic mass is 10.1. The number of fused-ring (bicyclic) bond motifs is 1. The molecular weight excluding hydrogens is 282 g/mol. The highest BCUT2D eigenvalue weighted by Crippen LogP contribution is 2.34. The molecule has 0 aliphatic carbocycles. The molecule has 1 aliphatic rings. The van der Waals surface area contributed by atoms with Crippen LogP contribution in [0.5, 0.6) is 11.5 Å². The van der Waals surface area contributed by atoms with E-state index in [9.17, 15) is 13.6 Å². The lowest BCUT2D eigenvalue weighted by molar-refractivity contribution is 0.102. The maximum atomic E-state index is 13.3. The Hall–Kier alpha value is -2.83. The first-order valence-electron chi connectivity index (χ1n) is 6.00. The molecule has 0 radical (unpaired) electrons. The molecule has 1 heterocycles. The molecule has 5 nitrogen and oxygen atoms in total. The van der Waals surface area contributed by atoms with Crippen molar-refractivity contribution < 1.29 is 23.0 Å². The van der Waals surface area contributed by atoms with E-state index in [0.29, 0.717) is 17.2 Å². The van der Waals surface area contributed by atoms with Gasteiger partial charge in [-0.2, -0.15) is 0 Å². The summed E-state index contributed by atoms with van der Waals surface area (Å²) in [5, 5.41) is 2.51. The monoisotopic (exact) mass is 292 g/mol. The van der Waals surface area contributed by atoms with Crippen LogP contribution in [0.1, 0.15) is 10.4 Å². The van der Waals surface area contributed by atoms with Crippen LogP contribution >= 0.6 is 0 Å². The van der Waals surface area contributed by atoms with Crippen molar-refractivity contribution in [3.8, 4) is 11.5 Å². The fourth-order valence-electron chi connectivity index (χ4n) is 1.89. The molecule has 1 aliphatic heterocycles. The number of nitrogen functional groups attached to an aromatic ring is 1. The zero-order valence-electron chi connectivity index (χ0n) is 10.7. The Bertz CT molecular complexity index is 711. The van der Waals surface area contributed by atoms with Crippen molar-refractivity contribution in [2.24, 2.45) is 0 Å². The van der Waals surface area contributed by atoms with Gasteiger partial charge in [-0.05, 0) is 24.3 Å². The molecule has 0 aromatic heterocycles. The van der Waals surface area contributed by atoms with Crippen LogP contribution in [0, 0.1) is 11.6 Å². The van der Waals surface area contributed by atoms with Crippen LogP contribution in [-0.4, -0.2) is 12.7 Å². The first-order valence-corrected chi connectivity index (χ1v) is 6.00. The molecule has 3 rings (SSSR count). The number of rotatable bonds is 2. The SMILES string of the molecule is Nc1c(F)cc(C(=O)Nc2ccc3c(c2)OCO3)cc1F. The second kappa shape index (κ2) is 4.93. The van der Waals surface area contributed by atoms with Gasteiger partial charge in [-0.25, -0.2) is 8.78 Å². The highest BCUT2D eigenvalue weighted by atomic mass is 19.1. The summed E-state index contributed by atoms with van der Waals surface area (Å²) in [6.07, 6.45) is 0. The smallest absolute Gasteiger partial charge is 0.255 e. The number of nitrogens with one attached hydrogen (secondary N) is 1. The number of carbonyl (C=O) groups is 1. The molecule has 2 aromatic rings. The van der Waals surface area contributed by atoms with Crippen molar-refractivity contribution in [1.29, 1.82) is 0 Å². The number of amides is 1. The lowest BCUT2D eigenvalue weighted by Crippen LogP contribution is -2.13. The van der Waals surface area contributed by atoms with Gasteiger partial charge < -0.3 is 20.5 Å². The minimum Gasteiger partial charge on any atom is -0.454 e. The van der Waals surface area contributed by atoms with Gasteiger partial charge in [0.2, 0.25) is 6.79 Å². The van der Waals surface area contributed by atoms with E-state index in [4.69, 9.17) is 15.2 Å². The fourth-order valence-corrected chi connectivity index (χ4v) is 1.89. The third kappa shape index (κ3) is 2.45. The van der Waals surface area contributed by atoms with E-state index in [0.717, 1.165) is 12.1 Å². The Labute approximate surface area is 118 Å². The van der Waals surface area contributed by atoms with E-state index in [1.54, 1.807) is 18.2 Å². The fraction of sp³-hybridized carbons (Fsp3) is 0.0714. The summed E-state index contributed by atoms with van der Waals surface area (Å²) in [4.78, 5) is 12.0. The standard InChI is InChI=1S/C14H10F2N2O3/c15-9-3-7(4-10(16)13(9)17)14(19)18-8-1-2-11-12(5-8)21-6-20-11/h1-5H,6,17H2,(H,18,19). The van der Waals surface area contributed by atoms with Gasteiger partial charge in [-0.3, -0.25) is 4.79 Å². The van der Waals surface area contributed by atoms with Crippen molar-refractivity contribution in [2.45, 2.75) is 0 Å². The summed E-state index contributed by atoms with van der Waals surface area (Å²) < 4.78 is 37.0. The van der Waals surface area contributed by atoms with Gasteiger partial charge in [0.05, 0.1) is 0 Å². The van der Waals surface area contributed by atoms with Gasteiger partial charge in [-0.15, -0.1) is 0 Å². The van der Waals surface area contributed by atoms with Gasteiger partial charge in [0.15, 0.2) is 11.5 Å². The van der Waals surface area contributed by atoms with Crippen molar-refractivity contribution in [2.75, 3.05) is 17.8 Å². The van der Waals surface area contributed by atoms with Crippen molar-refractivity contribution >= 4 is 17.3 Å². The van der Waals surface area contributed by atoms with Crippen molar-refractivity contribution in [3.05, 3.63) is 47.5 Å². The van der Waals surface area contributed by atoms with E-state index in [2.05, 4.69) is 5.32 Å². The van der Waals surface area contributed by atoms with Crippen molar-refractivity contribution in [3.63, 3.8) is 0 Å². The average Bonchev–Trinajstić information content (AvgIpc) is 2.91. The topological polar surface area (TPSA) is 73.6 Å². The Morgan fingerprint density at radius 3 is 2.48 bits per heavy atom. The summed E-state index contributed by atoms with van der Waals surface area (Å²) in [7, 11) is 0. The minimum atomic E-state index is -0.981. The molecule has 108 valence electrons. The minimum absolute atomic E-state index is 0.112. The zero-order chi connectivity index (χ0) is 15.0. The second-order valence-corrected chi connectivity index (χ2v) is 4.38. The number of anilines is 2. The van der Waals surface area contributed by atoms with Crippen LogP contribution in [0.4, 0.5) is 20.2 Å². The molecule has 21 heavy (non-hydrogen) atoms. The number of ether oxygens (including phenoxy) is 2. The molecule has 0 spiro atoms. The highest BCUT2D eigenvalue weighted by Gasteiger charge is 2.16. The van der Waals surface area contributed by atoms with Gasteiger partial charge in [0, 0.05) is 17.3 Å². The largest absolute Gasteiger partial charge is 0.454 e. The van der Waals surface area contributed by atoms with Crippen LogP contribution in [0.2, 0.25) is 0 Å². The molecule has 0 saturated carbocycles. The Balaban J connectivity index is 1.83. The van der Waals surface area contributed by atoms with Crippen LogP contribution < -0.4 is 20.5 Å². The maximum Gasteiger partial charge on any atom is 0.255 e. The first-order chi connectivity index (χ1) is 10.0. The number of benzene rings is 2. The number of carbonyl (C=O) groups excluding carboxylic acids is 1. The normalized spacial score (nSPS) is 12.3. The predicted octanol–water partition coefficient (Wildman–Crippen LogP) is 2.53. The molecule has 7 heteroatoms. The summed E-state index contributed by atoms with van der Waals surface area (Å²) in [5.41, 5.74) is 4.79. The average molecular weight is 292 g/mol. The third-order valence-corrected chi connectivity index (χ3v) is 2.97. The molecule has 3 N–H and O–H groups in total. The van der Waals surface area contributed by atoms with E-state index in [1.807, 2.05) is 0 Å². The molecule has 1 amide bonds. The van der Waals surface area contributed by atoms with Crippen LogP contribution in [0.15, 0.2) is 30.3 Å². The summed E-state index contributed by atoms with van der Waals surface area (Å²) in [6.45, 7) is 0.112. The highest BCUT2D eigenvalue weighted by molar-refractivity contribution is 6.04. The summed E-state index contributed by atoms with van der Waals surface area (Å²) >= 11 is 0. The summed E-state index contributed by atoms with van der Waals surface area (Å²) in [6, 6.07) is 6.53. The molecular formula is C14H10F2N2O3. The summed E-state index contributed by atoms with van der Waals surface area (Å²) in [5.74, 6) is -1.57. The Morgan fingerprint density at radius 2 is 1.76 bits per heavy atom. The molecule has 0 saturated heterocycles. The van der Waals surface area contributed by atoms with E-state index < -0.39 is 23.2 Å².